The number of aromatic nitrogens is 2. The molecule has 0 amide bonds. The number of nitrogens with zero attached hydrogens (tertiary/aromatic N) is 4. The molecule has 0 unspecified atom stereocenters. The lowest BCUT2D eigenvalue weighted by atomic mass is 9.84. The van der Waals surface area contributed by atoms with Crippen molar-refractivity contribution in [3.8, 4) is 0 Å². The van der Waals surface area contributed by atoms with E-state index in [2.05, 4.69) is 14.9 Å². The summed E-state index contributed by atoms with van der Waals surface area (Å²) >= 11 is 0. The molecule has 208 valence electrons. The summed E-state index contributed by atoms with van der Waals surface area (Å²) in [5.41, 5.74) is 3.46. The molecule has 0 aliphatic carbocycles. The van der Waals surface area contributed by atoms with Crippen LogP contribution in [0.2, 0.25) is 0 Å². The second-order valence-electron chi connectivity index (χ2n) is 12.0. The summed E-state index contributed by atoms with van der Waals surface area (Å²) in [6.07, 6.45) is 3.57. The first kappa shape index (κ1) is 28.9. The summed E-state index contributed by atoms with van der Waals surface area (Å²) in [4.78, 5) is 28.6. The number of carbonyl (C=O) groups is 1. The second kappa shape index (κ2) is 12.0. The standard InChI is InChI=1S/C33H38N4O3/c1-32(2,3)26-19-28(33(4,5)6)40-30(26)29(31(38)39)36-27-16-8-7-13-23(27)20-37(21-24-14-9-11-17-34-24)22-25-15-10-12-18-35-25/h7-19H,20-22H2,1-6H3,(H,38,39). The molecule has 0 aliphatic rings. The number of hydrogen-bond acceptors (Lipinski definition) is 6. The van der Waals surface area contributed by atoms with E-state index in [1.54, 1.807) is 12.4 Å². The Bertz CT molecular complexity index is 1420. The van der Waals surface area contributed by atoms with Crippen molar-refractivity contribution in [2.24, 2.45) is 4.99 Å². The molecular formula is C33H38N4O3. The maximum absolute atomic E-state index is 12.6. The lowest BCUT2D eigenvalue weighted by Crippen LogP contribution is -2.24. The zero-order valence-corrected chi connectivity index (χ0v) is 24.2. The van der Waals surface area contributed by atoms with E-state index in [1.165, 1.54) is 0 Å². The molecule has 0 fully saturated rings. The molecule has 0 saturated heterocycles. The zero-order valence-electron chi connectivity index (χ0n) is 24.2. The van der Waals surface area contributed by atoms with Gasteiger partial charge in [-0.1, -0.05) is 71.9 Å². The van der Waals surface area contributed by atoms with Crippen molar-refractivity contribution in [1.29, 1.82) is 0 Å². The van der Waals surface area contributed by atoms with Crippen molar-refractivity contribution >= 4 is 17.4 Å². The largest absolute Gasteiger partial charge is 0.476 e. The molecule has 1 aromatic carbocycles. The molecule has 0 aliphatic heterocycles. The van der Waals surface area contributed by atoms with Crippen LogP contribution in [0.25, 0.3) is 0 Å². The first-order valence-corrected chi connectivity index (χ1v) is 13.5. The van der Waals surface area contributed by atoms with E-state index in [4.69, 9.17) is 9.41 Å². The van der Waals surface area contributed by atoms with Gasteiger partial charge < -0.3 is 9.52 Å². The Labute approximate surface area is 236 Å². The number of benzene rings is 1. The molecule has 0 saturated carbocycles. The van der Waals surface area contributed by atoms with Crippen LogP contribution in [0.15, 0.2) is 88.5 Å². The number of hydrogen-bond donors (Lipinski definition) is 1. The summed E-state index contributed by atoms with van der Waals surface area (Å²) in [6, 6.07) is 21.4. The fraction of sp³-hybridized carbons (Fsp3) is 0.333. The molecule has 1 N–H and O–H groups in total. The maximum Gasteiger partial charge on any atom is 0.358 e. The monoisotopic (exact) mass is 538 g/mol. The Morgan fingerprint density at radius 3 is 1.90 bits per heavy atom. The van der Waals surface area contributed by atoms with E-state index >= 15 is 0 Å². The molecule has 4 aromatic rings. The number of carboxylic acids is 1. The Balaban J connectivity index is 1.75. The van der Waals surface area contributed by atoms with Crippen LogP contribution in [0, 0.1) is 0 Å². The number of carboxylic acid groups (broad SMARTS) is 1. The molecule has 3 aromatic heterocycles. The number of rotatable bonds is 9. The van der Waals surface area contributed by atoms with Crippen LogP contribution in [-0.2, 0) is 35.3 Å². The van der Waals surface area contributed by atoms with Crippen molar-refractivity contribution in [1.82, 2.24) is 14.9 Å². The zero-order chi connectivity index (χ0) is 28.9. The van der Waals surface area contributed by atoms with Crippen molar-refractivity contribution < 1.29 is 14.3 Å². The van der Waals surface area contributed by atoms with Gasteiger partial charge in [-0.15, -0.1) is 0 Å². The van der Waals surface area contributed by atoms with E-state index in [0.717, 1.165) is 28.3 Å². The quantitative estimate of drug-likeness (QED) is 0.229. The normalized spacial score (nSPS) is 12.6. The molecule has 0 spiro atoms. The van der Waals surface area contributed by atoms with Gasteiger partial charge in [-0.2, -0.15) is 0 Å². The van der Waals surface area contributed by atoms with Crippen LogP contribution in [0.5, 0.6) is 0 Å². The van der Waals surface area contributed by atoms with E-state index < -0.39 is 5.97 Å². The molecule has 40 heavy (non-hydrogen) atoms. The molecule has 3 heterocycles. The van der Waals surface area contributed by atoms with E-state index in [9.17, 15) is 9.90 Å². The maximum atomic E-state index is 12.6. The van der Waals surface area contributed by atoms with Gasteiger partial charge in [0, 0.05) is 43.0 Å². The average Bonchev–Trinajstić information content (AvgIpc) is 3.36. The Morgan fingerprint density at radius 2 is 1.40 bits per heavy atom. The Hall–Kier alpha value is -4.10. The number of furan rings is 1. The van der Waals surface area contributed by atoms with Crippen LogP contribution in [0.4, 0.5) is 5.69 Å². The van der Waals surface area contributed by atoms with Crippen molar-refractivity contribution in [2.75, 3.05) is 0 Å². The van der Waals surface area contributed by atoms with Crippen LogP contribution >= 0.6 is 0 Å². The van der Waals surface area contributed by atoms with E-state index in [1.807, 2.05) is 108 Å². The third-order valence-corrected chi connectivity index (χ3v) is 6.54. The molecule has 0 atom stereocenters. The minimum Gasteiger partial charge on any atom is -0.476 e. The predicted molar refractivity (Wildman–Crippen MR) is 158 cm³/mol. The molecule has 0 radical (unpaired) electrons. The summed E-state index contributed by atoms with van der Waals surface area (Å²) in [7, 11) is 0. The molecule has 7 nitrogen and oxygen atoms in total. The van der Waals surface area contributed by atoms with Crippen LogP contribution in [0.3, 0.4) is 0 Å². The van der Waals surface area contributed by atoms with Gasteiger partial charge >= 0.3 is 5.97 Å². The highest BCUT2D eigenvalue weighted by Crippen LogP contribution is 2.35. The number of aliphatic imine (C=N–C) groups is 1. The highest BCUT2D eigenvalue weighted by atomic mass is 16.4. The predicted octanol–water partition coefficient (Wildman–Crippen LogP) is 7.07. The molecule has 4 rings (SSSR count). The first-order valence-electron chi connectivity index (χ1n) is 13.5. The number of para-hydroxylation sites is 1. The molecule has 0 bridgehead atoms. The third-order valence-electron chi connectivity index (χ3n) is 6.54. The fourth-order valence-electron chi connectivity index (χ4n) is 4.41. The SMILES string of the molecule is CC(C)(C)c1cc(C(C)(C)C)c(C(=Nc2ccccc2CN(Cc2ccccn2)Cc2ccccn2)C(=O)O)o1. The number of pyridine rings is 2. The van der Waals surface area contributed by atoms with E-state index in [-0.39, 0.29) is 16.5 Å². The van der Waals surface area contributed by atoms with Crippen LogP contribution in [-0.4, -0.2) is 31.7 Å². The van der Waals surface area contributed by atoms with E-state index in [0.29, 0.717) is 31.1 Å². The second-order valence-corrected chi connectivity index (χ2v) is 12.0. The van der Waals surface area contributed by atoms with Gasteiger partial charge in [0.2, 0.25) is 0 Å². The lowest BCUT2D eigenvalue weighted by Gasteiger charge is -2.23. The van der Waals surface area contributed by atoms with Crippen LogP contribution < -0.4 is 0 Å². The van der Waals surface area contributed by atoms with Crippen molar-refractivity contribution in [2.45, 2.75) is 72.0 Å². The van der Waals surface area contributed by atoms with Crippen LogP contribution in [0.1, 0.15) is 75.6 Å². The topological polar surface area (TPSA) is 91.8 Å². The highest BCUT2D eigenvalue weighted by molar-refractivity contribution is 6.42. The van der Waals surface area contributed by atoms with Gasteiger partial charge in [-0.3, -0.25) is 14.9 Å². The van der Waals surface area contributed by atoms with Crippen molar-refractivity contribution in [3.63, 3.8) is 0 Å². The van der Waals surface area contributed by atoms with Gasteiger partial charge in [-0.05, 0) is 47.4 Å². The molecular weight excluding hydrogens is 500 g/mol. The summed E-state index contributed by atoms with van der Waals surface area (Å²) < 4.78 is 6.24. The lowest BCUT2D eigenvalue weighted by molar-refractivity contribution is -0.129. The summed E-state index contributed by atoms with van der Waals surface area (Å²) in [5, 5.41) is 10.3. The highest BCUT2D eigenvalue weighted by Gasteiger charge is 2.32. The summed E-state index contributed by atoms with van der Waals surface area (Å²) in [6.45, 7) is 14.0. The van der Waals surface area contributed by atoms with Gasteiger partial charge in [0.1, 0.15) is 5.76 Å². The van der Waals surface area contributed by atoms with Gasteiger partial charge in [-0.25, -0.2) is 9.79 Å². The molecule has 7 heteroatoms. The van der Waals surface area contributed by atoms with Gasteiger partial charge in [0.05, 0.1) is 17.1 Å². The minimum atomic E-state index is -1.13. The first-order chi connectivity index (χ1) is 18.9. The fourth-order valence-corrected chi connectivity index (χ4v) is 4.41. The minimum absolute atomic E-state index is 0.103. The van der Waals surface area contributed by atoms with Crippen molar-refractivity contribution in [3.05, 3.63) is 113 Å². The summed E-state index contributed by atoms with van der Waals surface area (Å²) in [5.74, 6) is -0.0981. The third kappa shape index (κ3) is 7.30. The average molecular weight is 539 g/mol. The van der Waals surface area contributed by atoms with Gasteiger partial charge in [0.25, 0.3) is 0 Å². The Morgan fingerprint density at radius 1 is 0.825 bits per heavy atom. The Kier molecular flexibility index (Phi) is 8.64. The smallest absolute Gasteiger partial charge is 0.358 e. The van der Waals surface area contributed by atoms with Gasteiger partial charge in [0.15, 0.2) is 11.5 Å². The number of aliphatic carboxylic acids is 1.